The molecule has 5 heterocycles. The van der Waals surface area contributed by atoms with E-state index in [1.165, 1.54) is 145 Å². The van der Waals surface area contributed by atoms with Gasteiger partial charge in [-0.25, -0.2) is 0 Å². The Hall–Kier alpha value is -2.94. The maximum atomic E-state index is 3.68. The first-order valence-electron chi connectivity index (χ1n) is 25.6. The summed E-state index contributed by atoms with van der Waals surface area (Å²) in [5, 5.41) is 26.7. The zero-order valence-electron chi connectivity index (χ0n) is 41.5. The minimum atomic E-state index is -2.01. The molecule has 0 aliphatic heterocycles. The van der Waals surface area contributed by atoms with E-state index in [0.717, 1.165) is 17.9 Å². The predicted molar refractivity (Wildman–Crippen MR) is 353 cm³/mol. The number of hydrogen-bond acceptors (Lipinski definition) is 5. The van der Waals surface area contributed by atoms with Crippen molar-refractivity contribution in [3.05, 3.63) is 178 Å². The van der Waals surface area contributed by atoms with Crippen LogP contribution in [0.2, 0.25) is 13.3 Å². The molecular formula is C64H54Br4S5Sn. The number of rotatable bonds is 14. The molecule has 74 heavy (non-hydrogen) atoms. The van der Waals surface area contributed by atoms with Crippen LogP contribution in [0.15, 0.2) is 178 Å². The quantitative estimate of drug-likeness (QED) is 0.0752. The van der Waals surface area contributed by atoms with Crippen molar-refractivity contribution < 1.29 is 0 Å². The zero-order chi connectivity index (χ0) is 50.9. The van der Waals surface area contributed by atoms with Crippen molar-refractivity contribution in [2.75, 3.05) is 0 Å². The maximum absolute atomic E-state index is 3.68. The average molecular weight is 1420 g/mol. The first-order chi connectivity index (χ1) is 36.2. The molecule has 13 aromatic rings. The number of halogens is 4. The van der Waals surface area contributed by atoms with Crippen LogP contribution < -0.4 is 2.89 Å². The van der Waals surface area contributed by atoms with Crippen molar-refractivity contribution in [2.24, 2.45) is 0 Å². The van der Waals surface area contributed by atoms with Crippen LogP contribution in [0, 0.1) is 0 Å². The summed E-state index contributed by atoms with van der Waals surface area (Å²) in [5.41, 5.74) is 5.31. The summed E-state index contributed by atoms with van der Waals surface area (Å²) in [6.45, 7) is 7.06. The third-order valence-corrected chi connectivity index (χ3v) is 40.3. The largest absolute Gasteiger partial charge is 0.144 e. The fourth-order valence-electron chi connectivity index (χ4n) is 11.2. The van der Waals surface area contributed by atoms with Crippen molar-refractivity contribution >= 4 is 206 Å². The first-order valence-corrected chi connectivity index (χ1v) is 40.7. The van der Waals surface area contributed by atoms with Crippen LogP contribution in [0.3, 0.4) is 0 Å². The Morgan fingerprint density at radius 2 is 0.595 bits per heavy atom. The van der Waals surface area contributed by atoms with E-state index >= 15 is 0 Å². The van der Waals surface area contributed by atoms with Gasteiger partial charge in [0.1, 0.15) is 0 Å². The molecule has 0 unspecified atom stereocenters. The smallest absolute Gasteiger partial charge is 0.0349 e. The first kappa shape index (κ1) is 53.1. The molecule has 0 aliphatic rings. The zero-order valence-corrected chi connectivity index (χ0v) is 54.8. The van der Waals surface area contributed by atoms with Gasteiger partial charge in [-0.1, -0.05) is 137 Å². The molecule has 13 rings (SSSR count). The number of hydrogen-bond donors (Lipinski definition) is 0. The van der Waals surface area contributed by atoms with Gasteiger partial charge in [-0.3, -0.25) is 0 Å². The minimum absolute atomic E-state index is 1.11. The Labute approximate surface area is 493 Å². The van der Waals surface area contributed by atoms with E-state index in [9.17, 15) is 0 Å². The molecule has 0 fully saturated rings. The molecule has 0 saturated carbocycles. The Bertz CT molecular complexity index is 3490. The van der Waals surface area contributed by atoms with Crippen LogP contribution in [0.5, 0.6) is 0 Å². The molecule has 0 saturated heterocycles. The molecule has 0 atom stereocenters. The topological polar surface area (TPSA) is 0 Å². The summed E-state index contributed by atoms with van der Waals surface area (Å²) in [7, 11) is 0. The van der Waals surface area contributed by atoms with Gasteiger partial charge >= 0.3 is 123 Å². The van der Waals surface area contributed by atoms with Crippen LogP contribution in [0.25, 0.3) is 106 Å². The molecule has 0 spiro atoms. The summed E-state index contributed by atoms with van der Waals surface area (Å²) in [5.74, 6) is 0. The Balaban J connectivity index is 0.000000132. The van der Waals surface area contributed by atoms with Gasteiger partial charge < -0.3 is 0 Å². The normalized spacial score (nSPS) is 11.9. The van der Waals surface area contributed by atoms with Crippen LogP contribution in [-0.4, -0.2) is 18.4 Å². The van der Waals surface area contributed by atoms with E-state index in [1.807, 2.05) is 48.2 Å². The van der Waals surface area contributed by atoms with Gasteiger partial charge in [0.2, 0.25) is 0 Å². The summed E-state index contributed by atoms with van der Waals surface area (Å²) >= 11 is 22.0. The molecule has 0 nitrogen and oxygen atoms in total. The van der Waals surface area contributed by atoms with Crippen molar-refractivity contribution in [2.45, 2.75) is 72.6 Å². The minimum Gasteiger partial charge on any atom is -0.144 e. The average Bonchev–Trinajstić information content (AvgIpc) is 4.29. The van der Waals surface area contributed by atoms with Crippen molar-refractivity contribution in [1.82, 2.24) is 0 Å². The molecule has 372 valence electrons. The number of thiophene rings is 5. The predicted octanol–water partition coefficient (Wildman–Crippen LogP) is 24.9. The molecule has 0 bridgehead atoms. The van der Waals surface area contributed by atoms with E-state index in [0.29, 0.717) is 0 Å². The molecule has 8 aromatic carbocycles. The van der Waals surface area contributed by atoms with E-state index in [2.05, 4.69) is 256 Å². The summed E-state index contributed by atoms with van der Waals surface area (Å²) in [6, 6.07) is 49.6. The second kappa shape index (κ2) is 23.6. The molecule has 0 N–H and O–H groups in total. The maximum Gasteiger partial charge on any atom is 0.0349 e. The molecule has 0 amide bonds. The Morgan fingerprint density at radius 3 is 0.851 bits per heavy atom. The van der Waals surface area contributed by atoms with E-state index in [4.69, 9.17) is 0 Å². The van der Waals surface area contributed by atoms with E-state index in [-0.39, 0.29) is 0 Å². The van der Waals surface area contributed by atoms with E-state index in [1.54, 1.807) is 13.3 Å². The Morgan fingerprint density at radius 1 is 0.324 bits per heavy atom. The van der Waals surface area contributed by atoms with Gasteiger partial charge in [-0.05, 0) is 135 Å². The Kier molecular flexibility index (Phi) is 16.9. The molecule has 0 aliphatic carbocycles. The molecule has 10 heteroatoms. The van der Waals surface area contributed by atoms with Gasteiger partial charge in [-0.15, -0.1) is 45.3 Å². The van der Waals surface area contributed by atoms with E-state index < -0.39 is 18.4 Å². The second-order valence-corrected chi connectivity index (χ2v) is 41.6. The monoisotopic (exact) mass is 1420 g/mol. The van der Waals surface area contributed by atoms with Crippen LogP contribution in [-0.2, 0) is 0 Å². The summed E-state index contributed by atoms with van der Waals surface area (Å²) < 4.78 is 11.1. The van der Waals surface area contributed by atoms with Gasteiger partial charge in [0.15, 0.2) is 0 Å². The molecule has 0 radical (unpaired) electrons. The van der Waals surface area contributed by atoms with Crippen molar-refractivity contribution in [1.29, 1.82) is 0 Å². The van der Waals surface area contributed by atoms with Crippen molar-refractivity contribution in [3.63, 3.8) is 0 Å². The molecular weight excluding hydrogens is 1370 g/mol. The van der Waals surface area contributed by atoms with Gasteiger partial charge in [0, 0.05) is 59.7 Å². The van der Waals surface area contributed by atoms with Crippen molar-refractivity contribution in [3.8, 4) is 41.8 Å². The number of unbranched alkanes of at least 4 members (excludes halogenated alkanes) is 3. The van der Waals surface area contributed by atoms with Gasteiger partial charge in [0.05, 0.1) is 0 Å². The van der Waals surface area contributed by atoms with Gasteiger partial charge in [0.25, 0.3) is 0 Å². The third kappa shape index (κ3) is 10.2. The summed E-state index contributed by atoms with van der Waals surface area (Å²) in [4.78, 5) is 5.29. The fraction of sp³-hybridized carbons (Fsp3) is 0.188. The summed E-state index contributed by atoms with van der Waals surface area (Å²) in [6.07, 6.45) is 8.55. The van der Waals surface area contributed by atoms with Crippen LogP contribution in [0.4, 0.5) is 0 Å². The van der Waals surface area contributed by atoms with Crippen LogP contribution in [0.1, 0.15) is 59.3 Å². The standard InChI is InChI=1S/C32H18S4.C16H6Br4.C4H3S.3C4H9.Sn/c1-5-27(33-13-1)23-17-24(28-6-2-14-34-28)20-11-12-22-26(30-8-4-16-36-30)18-25(29-7-3-15-35-29)21-10-9-19(23)31(20)32(21)22;17-11-5-13(19)9-3-4-10-14(20)6-12(18)8-2-1-7(11)15(9)16(8)10;1-2-4-5-3-1;3*1-3-4-2;/h1-18H;1-6H;1-3H;3*1,3-4H2,2H3;. The fourth-order valence-corrected chi connectivity index (χ4v) is 37.0. The third-order valence-electron chi connectivity index (χ3n) is 14.8. The number of benzene rings is 8. The van der Waals surface area contributed by atoms with Crippen LogP contribution >= 0.6 is 120 Å². The van der Waals surface area contributed by atoms with Gasteiger partial charge in [-0.2, -0.15) is 0 Å². The second-order valence-electron chi connectivity index (χ2n) is 19.2. The SMILES string of the molecule is Brc1cc(Br)c2ccc3c(Br)cc(Br)c4ccc1c2c43.CCC[CH2][Sn]([CH2]CCC)([CH2]CCC)[c]1cccs1.c1csc(-c2cc(-c3cccs3)c3ccc4c(-c5cccs5)cc(-c5cccs5)c5ccc2c3c54)c1. The molecule has 5 aromatic heterocycles.